The van der Waals surface area contributed by atoms with E-state index in [4.69, 9.17) is 5.11 Å². The zero-order valence-electron chi connectivity index (χ0n) is 5.86. The number of hydrogen-bond donors (Lipinski definition) is 1. The Morgan fingerprint density at radius 2 is 2.55 bits per heavy atom. The number of hydrogen-bond acceptors (Lipinski definition) is 4. The van der Waals surface area contributed by atoms with E-state index in [9.17, 15) is 4.79 Å². The van der Waals surface area contributed by atoms with Gasteiger partial charge in [0, 0.05) is 12.8 Å². The lowest BCUT2D eigenvalue weighted by Crippen LogP contribution is -1.95. The van der Waals surface area contributed by atoms with Gasteiger partial charge in [-0.1, -0.05) is 5.16 Å². The number of carboxylic acids is 1. The minimum Gasteiger partial charge on any atom is -0.481 e. The molecule has 0 aliphatic heterocycles. The van der Waals surface area contributed by atoms with Crippen LogP contribution >= 0.6 is 0 Å². The Kier molecular flexibility index (Phi) is 2.59. The van der Waals surface area contributed by atoms with E-state index in [1.165, 1.54) is 6.33 Å². The smallest absolute Gasteiger partial charge is 0.303 e. The molecule has 1 aromatic heterocycles. The summed E-state index contributed by atoms with van der Waals surface area (Å²) in [6.07, 6.45) is 2.52. The van der Waals surface area contributed by atoms with Crippen LogP contribution in [-0.4, -0.2) is 21.2 Å². The molecule has 0 aliphatic carbocycles. The summed E-state index contributed by atoms with van der Waals surface area (Å²) in [5.41, 5.74) is 0. The van der Waals surface area contributed by atoms with Gasteiger partial charge in [0.15, 0.2) is 6.33 Å². The molecule has 5 heteroatoms. The number of aryl methyl sites for hydroxylation is 1. The first-order valence-corrected chi connectivity index (χ1v) is 3.26. The van der Waals surface area contributed by atoms with Crippen LogP contribution in [-0.2, 0) is 11.2 Å². The zero-order valence-corrected chi connectivity index (χ0v) is 5.86. The summed E-state index contributed by atoms with van der Waals surface area (Å²) in [6.45, 7) is 0. The summed E-state index contributed by atoms with van der Waals surface area (Å²) in [5.74, 6) is -0.309. The molecule has 0 saturated carbocycles. The first-order valence-electron chi connectivity index (χ1n) is 3.26. The third-order valence-corrected chi connectivity index (χ3v) is 1.19. The molecule has 0 unspecified atom stereocenters. The maximum atomic E-state index is 10.1. The number of carboxylic acid groups (broad SMARTS) is 1. The van der Waals surface area contributed by atoms with E-state index in [1.807, 2.05) is 0 Å². The van der Waals surface area contributed by atoms with Crippen molar-refractivity contribution in [3.8, 4) is 0 Å². The fraction of sp³-hybridized carbons (Fsp3) is 0.500. The highest BCUT2D eigenvalue weighted by Gasteiger charge is 2.01. The molecule has 0 bridgehead atoms. The normalized spacial score (nSPS) is 9.82. The van der Waals surface area contributed by atoms with E-state index in [2.05, 4.69) is 14.7 Å². The van der Waals surface area contributed by atoms with Crippen molar-refractivity contribution in [2.45, 2.75) is 19.3 Å². The fourth-order valence-corrected chi connectivity index (χ4v) is 0.697. The third-order valence-electron chi connectivity index (χ3n) is 1.19. The molecule has 0 aromatic carbocycles. The Hall–Kier alpha value is -1.39. The van der Waals surface area contributed by atoms with Crippen molar-refractivity contribution in [3.05, 3.63) is 12.2 Å². The van der Waals surface area contributed by atoms with E-state index >= 15 is 0 Å². The lowest BCUT2D eigenvalue weighted by atomic mass is 10.2. The predicted octanol–water partition coefficient (Wildman–Crippen LogP) is 0.477. The van der Waals surface area contributed by atoms with Crippen molar-refractivity contribution < 1.29 is 14.4 Å². The van der Waals surface area contributed by atoms with Crippen LogP contribution in [0.3, 0.4) is 0 Å². The Morgan fingerprint density at radius 1 is 1.73 bits per heavy atom. The number of carbonyl (C=O) groups is 1. The van der Waals surface area contributed by atoms with Gasteiger partial charge in [0.25, 0.3) is 0 Å². The molecule has 0 atom stereocenters. The van der Waals surface area contributed by atoms with Crippen molar-refractivity contribution in [2.75, 3.05) is 0 Å². The molecule has 5 nitrogen and oxygen atoms in total. The number of aliphatic carboxylic acids is 1. The Morgan fingerprint density at radius 3 is 3.09 bits per heavy atom. The highest BCUT2D eigenvalue weighted by molar-refractivity contribution is 5.66. The maximum absolute atomic E-state index is 10.1. The molecule has 1 aromatic rings. The van der Waals surface area contributed by atoms with Gasteiger partial charge in [0.2, 0.25) is 5.89 Å². The molecule has 0 aliphatic rings. The van der Waals surface area contributed by atoms with Crippen LogP contribution in [0.15, 0.2) is 10.9 Å². The lowest BCUT2D eigenvalue weighted by molar-refractivity contribution is -0.137. The van der Waals surface area contributed by atoms with E-state index in [0.29, 0.717) is 18.7 Å². The average molecular weight is 156 g/mol. The summed E-state index contributed by atoms with van der Waals surface area (Å²) in [4.78, 5) is 13.8. The number of nitrogens with zero attached hydrogens (tertiary/aromatic N) is 2. The Bertz CT molecular complexity index is 220. The van der Waals surface area contributed by atoms with Gasteiger partial charge in [-0.15, -0.1) is 0 Å². The molecule has 1 heterocycles. The molecule has 11 heavy (non-hydrogen) atoms. The summed E-state index contributed by atoms with van der Waals surface area (Å²) in [7, 11) is 0. The molecule has 1 rings (SSSR count). The second-order valence-electron chi connectivity index (χ2n) is 2.08. The lowest BCUT2D eigenvalue weighted by Gasteiger charge is -1.89. The maximum Gasteiger partial charge on any atom is 0.303 e. The standard InChI is InChI=1S/C6H8N2O3/c9-6(10)3-1-2-5-7-4-8-11-5/h4H,1-3H2,(H,9,10). The summed E-state index contributed by atoms with van der Waals surface area (Å²) in [6, 6.07) is 0. The van der Waals surface area contributed by atoms with Crippen LogP contribution in [0.25, 0.3) is 0 Å². The SMILES string of the molecule is O=C(O)CCCc1ncno1. The summed E-state index contributed by atoms with van der Waals surface area (Å²) < 4.78 is 4.66. The minimum absolute atomic E-state index is 0.141. The van der Waals surface area contributed by atoms with Crippen LogP contribution in [0.1, 0.15) is 18.7 Å². The van der Waals surface area contributed by atoms with Crippen molar-refractivity contribution in [2.24, 2.45) is 0 Å². The Balaban J connectivity index is 2.19. The van der Waals surface area contributed by atoms with Crippen LogP contribution in [0, 0.1) is 0 Å². The van der Waals surface area contributed by atoms with Gasteiger partial charge in [-0.2, -0.15) is 4.98 Å². The monoisotopic (exact) mass is 156 g/mol. The van der Waals surface area contributed by atoms with E-state index in [0.717, 1.165) is 0 Å². The van der Waals surface area contributed by atoms with Crippen LogP contribution < -0.4 is 0 Å². The average Bonchev–Trinajstić information content (AvgIpc) is 2.39. The second-order valence-corrected chi connectivity index (χ2v) is 2.08. The van der Waals surface area contributed by atoms with E-state index in [-0.39, 0.29) is 6.42 Å². The quantitative estimate of drug-likeness (QED) is 0.685. The molecular formula is C6H8N2O3. The molecule has 0 saturated heterocycles. The molecule has 0 fully saturated rings. The van der Waals surface area contributed by atoms with Crippen molar-refractivity contribution in [1.82, 2.24) is 10.1 Å². The van der Waals surface area contributed by atoms with Crippen molar-refractivity contribution >= 4 is 5.97 Å². The molecular weight excluding hydrogens is 148 g/mol. The van der Waals surface area contributed by atoms with Crippen molar-refractivity contribution in [3.63, 3.8) is 0 Å². The molecule has 60 valence electrons. The zero-order chi connectivity index (χ0) is 8.10. The second kappa shape index (κ2) is 3.70. The van der Waals surface area contributed by atoms with E-state index < -0.39 is 5.97 Å². The highest BCUT2D eigenvalue weighted by Crippen LogP contribution is 1.99. The first-order chi connectivity index (χ1) is 5.29. The minimum atomic E-state index is -0.801. The van der Waals surface area contributed by atoms with Crippen LogP contribution in [0.4, 0.5) is 0 Å². The topological polar surface area (TPSA) is 76.2 Å². The van der Waals surface area contributed by atoms with Gasteiger partial charge in [-0.05, 0) is 6.42 Å². The number of aromatic nitrogens is 2. The van der Waals surface area contributed by atoms with Gasteiger partial charge in [0.05, 0.1) is 0 Å². The van der Waals surface area contributed by atoms with Crippen LogP contribution in [0.5, 0.6) is 0 Å². The predicted molar refractivity (Wildman–Crippen MR) is 34.9 cm³/mol. The first kappa shape index (κ1) is 7.71. The van der Waals surface area contributed by atoms with Gasteiger partial charge < -0.3 is 9.63 Å². The van der Waals surface area contributed by atoms with Gasteiger partial charge in [0.1, 0.15) is 0 Å². The highest BCUT2D eigenvalue weighted by atomic mass is 16.5. The molecule has 0 amide bonds. The summed E-state index contributed by atoms with van der Waals surface area (Å²) >= 11 is 0. The Labute approximate surface area is 63.0 Å². The van der Waals surface area contributed by atoms with Gasteiger partial charge >= 0.3 is 5.97 Å². The molecule has 0 radical (unpaired) electrons. The van der Waals surface area contributed by atoms with E-state index in [1.54, 1.807) is 0 Å². The fourth-order valence-electron chi connectivity index (χ4n) is 0.697. The molecule has 0 spiro atoms. The molecule has 1 N–H and O–H groups in total. The summed E-state index contributed by atoms with van der Waals surface area (Å²) in [5, 5.41) is 11.7. The van der Waals surface area contributed by atoms with Gasteiger partial charge in [-0.3, -0.25) is 4.79 Å². The van der Waals surface area contributed by atoms with Crippen molar-refractivity contribution in [1.29, 1.82) is 0 Å². The third kappa shape index (κ3) is 2.79. The van der Waals surface area contributed by atoms with Gasteiger partial charge in [-0.25, -0.2) is 0 Å². The number of rotatable bonds is 4. The van der Waals surface area contributed by atoms with Crippen LogP contribution in [0.2, 0.25) is 0 Å². The largest absolute Gasteiger partial charge is 0.481 e.